The van der Waals surface area contributed by atoms with Gasteiger partial charge in [0.1, 0.15) is 11.5 Å². The van der Waals surface area contributed by atoms with Gasteiger partial charge in [0.15, 0.2) is 6.61 Å². The fourth-order valence-corrected chi connectivity index (χ4v) is 5.93. The number of rotatable bonds is 6. The predicted octanol–water partition coefficient (Wildman–Crippen LogP) is 2.05. The van der Waals surface area contributed by atoms with Gasteiger partial charge in [0.25, 0.3) is 5.91 Å². The molecule has 0 saturated carbocycles. The summed E-state index contributed by atoms with van der Waals surface area (Å²) in [7, 11) is -2.27. The summed E-state index contributed by atoms with van der Waals surface area (Å²) in [5.74, 6) is 0.0926. The van der Waals surface area contributed by atoms with Crippen LogP contribution in [0.1, 0.15) is 24.0 Å². The Hall–Kier alpha value is -3.11. The molecule has 1 unspecified atom stereocenters. The second-order valence-corrected chi connectivity index (χ2v) is 10.1. The van der Waals surface area contributed by atoms with Gasteiger partial charge < -0.3 is 20.1 Å². The first-order valence-corrected chi connectivity index (χ1v) is 12.2. The average molecular weight is 474 g/mol. The van der Waals surface area contributed by atoms with E-state index in [1.165, 1.54) is 10.4 Å². The first-order chi connectivity index (χ1) is 15.8. The summed E-state index contributed by atoms with van der Waals surface area (Å²) in [5, 5.41) is 5.59. The maximum Gasteiger partial charge on any atom is 0.262 e. The lowest BCUT2D eigenvalue weighted by atomic mass is 9.98. The highest BCUT2D eigenvalue weighted by molar-refractivity contribution is 7.89. The zero-order valence-corrected chi connectivity index (χ0v) is 19.4. The quantitative estimate of drug-likeness (QED) is 0.664. The van der Waals surface area contributed by atoms with Gasteiger partial charge in [-0.05, 0) is 37.5 Å². The summed E-state index contributed by atoms with van der Waals surface area (Å²) in [4.78, 5) is 24.5. The van der Waals surface area contributed by atoms with E-state index in [4.69, 9.17) is 9.47 Å². The molecule has 2 aromatic carbocycles. The van der Waals surface area contributed by atoms with Crippen molar-refractivity contribution in [3.8, 4) is 11.5 Å². The lowest BCUT2D eigenvalue weighted by Crippen LogP contribution is -2.45. The molecule has 1 atom stereocenters. The summed E-state index contributed by atoms with van der Waals surface area (Å²) >= 11 is 0. The summed E-state index contributed by atoms with van der Waals surface area (Å²) in [6.45, 7) is 2.27. The van der Waals surface area contributed by atoms with Crippen molar-refractivity contribution in [2.45, 2.75) is 31.2 Å². The highest BCUT2D eigenvalue weighted by Crippen LogP contribution is 2.35. The Morgan fingerprint density at radius 1 is 1.30 bits per heavy atom. The molecular formula is C23H27N3O6S. The molecule has 1 fully saturated rings. The lowest BCUT2D eigenvalue weighted by Gasteiger charge is -2.32. The molecule has 0 aliphatic carbocycles. The number of nitrogens with one attached hydrogen (secondary N) is 2. The van der Waals surface area contributed by atoms with E-state index in [2.05, 4.69) is 10.6 Å². The molecule has 176 valence electrons. The molecule has 9 nitrogen and oxygen atoms in total. The minimum absolute atomic E-state index is 0.105. The fraction of sp³-hybridized carbons (Fsp3) is 0.391. The number of hydrogen-bond donors (Lipinski definition) is 2. The molecule has 2 N–H and O–H groups in total. The third-order valence-corrected chi connectivity index (χ3v) is 7.94. The van der Waals surface area contributed by atoms with E-state index < -0.39 is 15.9 Å². The number of amides is 2. The third kappa shape index (κ3) is 4.81. The molecule has 4 rings (SSSR count). The molecule has 0 radical (unpaired) electrons. The van der Waals surface area contributed by atoms with Crippen LogP contribution < -0.4 is 20.1 Å². The Morgan fingerprint density at radius 2 is 2.09 bits per heavy atom. The van der Waals surface area contributed by atoms with Gasteiger partial charge >= 0.3 is 0 Å². The SMILES string of the molecule is COc1ccccc1CNC(=O)C1CCCN(S(=O)(=O)c2cc3c(cc2C)NC(=O)CO3)C1. The van der Waals surface area contributed by atoms with Crippen LogP contribution >= 0.6 is 0 Å². The summed E-state index contributed by atoms with van der Waals surface area (Å²) < 4.78 is 38.9. The fourth-order valence-electron chi connectivity index (χ4n) is 4.18. The number of carbonyl (C=O) groups is 2. The molecule has 33 heavy (non-hydrogen) atoms. The maximum absolute atomic E-state index is 13.4. The number of sulfonamides is 1. The van der Waals surface area contributed by atoms with E-state index in [0.29, 0.717) is 48.7 Å². The molecule has 2 amide bonds. The van der Waals surface area contributed by atoms with Gasteiger partial charge in [-0.3, -0.25) is 9.59 Å². The normalized spacial score (nSPS) is 18.6. The molecule has 0 aromatic heterocycles. The Morgan fingerprint density at radius 3 is 2.88 bits per heavy atom. The van der Waals surface area contributed by atoms with Crippen LogP contribution in [0, 0.1) is 12.8 Å². The monoisotopic (exact) mass is 473 g/mol. The molecule has 10 heteroatoms. The first kappa shape index (κ1) is 23.1. The molecular weight excluding hydrogens is 446 g/mol. The number of carbonyl (C=O) groups excluding carboxylic acids is 2. The molecule has 2 aliphatic rings. The van der Waals surface area contributed by atoms with Crippen molar-refractivity contribution >= 4 is 27.5 Å². The number of methoxy groups -OCH3 is 1. The highest BCUT2D eigenvalue weighted by Gasteiger charge is 2.35. The van der Waals surface area contributed by atoms with Crippen LogP contribution in [0.15, 0.2) is 41.3 Å². The number of aryl methyl sites for hydroxylation is 1. The van der Waals surface area contributed by atoms with Crippen LogP contribution in [-0.2, 0) is 26.2 Å². The number of para-hydroxylation sites is 1. The van der Waals surface area contributed by atoms with E-state index in [-0.39, 0.29) is 29.9 Å². The van der Waals surface area contributed by atoms with E-state index in [9.17, 15) is 18.0 Å². The standard InChI is InChI=1S/C23H27N3O6S/c1-15-10-18-20(32-14-22(27)25-18)11-21(15)33(29,30)26-9-5-7-17(13-26)23(28)24-12-16-6-3-4-8-19(16)31-2/h3-4,6,8,10-11,17H,5,7,9,12-14H2,1-2H3,(H,24,28)(H,25,27). The van der Waals surface area contributed by atoms with Gasteiger partial charge in [-0.2, -0.15) is 4.31 Å². The van der Waals surface area contributed by atoms with Crippen LogP contribution in [0.25, 0.3) is 0 Å². The summed E-state index contributed by atoms with van der Waals surface area (Å²) in [5.41, 5.74) is 1.81. The van der Waals surface area contributed by atoms with Crippen molar-refractivity contribution in [2.24, 2.45) is 5.92 Å². The van der Waals surface area contributed by atoms with E-state index in [1.807, 2.05) is 24.3 Å². The minimum Gasteiger partial charge on any atom is -0.496 e. The molecule has 0 bridgehead atoms. The molecule has 2 aromatic rings. The number of nitrogens with zero attached hydrogens (tertiary/aromatic N) is 1. The number of anilines is 1. The van der Waals surface area contributed by atoms with Crippen LogP contribution in [-0.4, -0.2) is 51.3 Å². The molecule has 1 saturated heterocycles. The number of ether oxygens (including phenoxy) is 2. The molecule has 2 heterocycles. The first-order valence-electron chi connectivity index (χ1n) is 10.8. The van der Waals surface area contributed by atoms with Gasteiger partial charge in [-0.1, -0.05) is 18.2 Å². The third-order valence-electron chi connectivity index (χ3n) is 5.93. The lowest BCUT2D eigenvalue weighted by molar-refractivity contribution is -0.126. The van der Waals surface area contributed by atoms with Gasteiger partial charge in [0, 0.05) is 31.3 Å². The van der Waals surface area contributed by atoms with Crippen LogP contribution in [0.5, 0.6) is 11.5 Å². The molecule has 0 spiro atoms. The zero-order chi connectivity index (χ0) is 23.6. The maximum atomic E-state index is 13.4. The van der Waals surface area contributed by atoms with Crippen molar-refractivity contribution < 1.29 is 27.5 Å². The highest BCUT2D eigenvalue weighted by atomic mass is 32.2. The largest absolute Gasteiger partial charge is 0.496 e. The Labute approximate surface area is 193 Å². The topological polar surface area (TPSA) is 114 Å². The number of benzene rings is 2. The van der Waals surface area contributed by atoms with Crippen molar-refractivity contribution in [3.63, 3.8) is 0 Å². The zero-order valence-electron chi connectivity index (χ0n) is 18.6. The second kappa shape index (κ2) is 9.40. The average Bonchev–Trinajstić information content (AvgIpc) is 2.82. The van der Waals surface area contributed by atoms with Gasteiger partial charge in [0.05, 0.1) is 23.6 Å². The molecule has 2 aliphatic heterocycles. The van der Waals surface area contributed by atoms with E-state index in [1.54, 1.807) is 20.1 Å². The second-order valence-electron chi connectivity index (χ2n) is 8.18. The van der Waals surface area contributed by atoms with E-state index in [0.717, 1.165) is 5.56 Å². The van der Waals surface area contributed by atoms with Crippen LogP contribution in [0.3, 0.4) is 0 Å². The number of piperidine rings is 1. The van der Waals surface area contributed by atoms with Crippen molar-refractivity contribution in [1.29, 1.82) is 0 Å². The van der Waals surface area contributed by atoms with Crippen molar-refractivity contribution in [1.82, 2.24) is 9.62 Å². The smallest absolute Gasteiger partial charge is 0.262 e. The van der Waals surface area contributed by atoms with Gasteiger partial charge in [0.2, 0.25) is 15.9 Å². The number of hydrogen-bond acceptors (Lipinski definition) is 6. The Kier molecular flexibility index (Phi) is 6.57. The Balaban J connectivity index is 1.47. The van der Waals surface area contributed by atoms with Gasteiger partial charge in [-0.15, -0.1) is 0 Å². The van der Waals surface area contributed by atoms with Crippen molar-refractivity contribution in [3.05, 3.63) is 47.5 Å². The van der Waals surface area contributed by atoms with E-state index >= 15 is 0 Å². The van der Waals surface area contributed by atoms with Crippen LogP contribution in [0.2, 0.25) is 0 Å². The predicted molar refractivity (Wildman–Crippen MR) is 122 cm³/mol. The van der Waals surface area contributed by atoms with Crippen LogP contribution in [0.4, 0.5) is 5.69 Å². The van der Waals surface area contributed by atoms with Gasteiger partial charge in [-0.25, -0.2) is 8.42 Å². The number of fused-ring (bicyclic) bond motifs is 1. The summed E-state index contributed by atoms with van der Waals surface area (Å²) in [6.07, 6.45) is 1.20. The summed E-state index contributed by atoms with van der Waals surface area (Å²) in [6, 6.07) is 10.5. The Bertz CT molecular complexity index is 1180. The van der Waals surface area contributed by atoms with Crippen molar-refractivity contribution in [2.75, 3.05) is 32.1 Å². The minimum atomic E-state index is -3.84.